The zero-order chi connectivity index (χ0) is 21.5. The highest BCUT2D eigenvalue weighted by Gasteiger charge is 2.08. The first-order valence-corrected chi connectivity index (χ1v) is 9.95. The maximum absolute atomic E-state index is 12.3. The molecule has 154 valence electrons. The molecule has 1 N–H and O–H groups in total. The molecular weight excluding hydrogens is 398 g/mol. The van der Waals surface area contributed by atoms with E-state index in [2.05, 4.69) is 18.3 Å². The monoisotopic (exact) mass is 421 g/mol. The summed E-state index contributed by atoms with van der Waals surface area (Å²) in [4.78, 5) is 12.3. The fourth-order valence-electron chi connectivity index (χ4n) is 2.92. The van der Waals surface area contributed by atoms with E-state index in [0.29, 0.717) is 28.8 Å². The van der Waals surface area contributed by atoms with Crippen LogP contribution in [-0.4, -0.2) is 13.0 Å². The summed E-state index contributed by atoms with van der Waals surface area (Å²) < 4.78 is 11.4. The van der Waals surface area contributed by atoms with Crippen LogP contribution in [0.2, 0.25) is 5.02 Å². The van der Waals surface area contributed by atoms with E-state index >= 15 is 0 Å². The van der Waals surface area contributed by atoms with Gasteiger partial charge in [0.1, 0.15) is 6.61 Å². The van der Waals surface area contributed by atoms with Gasteiger partial charge >= 0.3 is 0 Å². The summed E-state index contributed by atoms with van der Waals surface area (Å²) in [6.07, 6.45) is 3.20. The van der Waals surface area contributed by atoms with Gasteiger partial charge in [-0.05, 0) is 66.4 Å². The van der Waals surface area contributed by atoms with Crippen LogP contribution in [-0.2, 0) is 11.4 Å². The second-order valence-electron chi connectivity index (χ2n) is 6.86. The van der Waals surface area contributed by atoms with Crippen LogP contribution < -0.4 is 14.8 Å². The molecule has 0 bridgehead atoms. The first-order valence-electron chi connectivity index (χ1n) is 9.57. The van der Waals surface area contributed by atoms with Crippen LogP contribution in [0, 0.1) is 13.8 Å². The zero-order valence-electron chi connectivity index (χ0n) is 17.2. The average molecular weight is 422 g/mol. The Morgan fingerprint density at radius 1 is 1.03 bits per heavy atom. The van der Waals surface area contributed by atoms with Crippen molar-refractivity contribution in [1.82, 2.24) is 0 Å². The van der Waals surface area contributed by atoms with Gasteiger partial charge in [0, 0.05) is 16.8 Å². The molecule has 5 heteroatoms. The molecule has 3 aromatic carbocycles. The van der Waals surface area contributed by atoms with Crippen molar-refractivity contribution in [1.29, 1.82) is 0 Å². The molecule has 0 spiro atoms. The van der Waals surface area contributed by atoms with Crippen LogP contribution in [0.3, 0.4) is 0 Å². The van der Waals surface area contributed by atoms with Crippen molar-refractivity contribution in [3.8, 4) is 11.5 Å². The van der Waals surface area contributed by atoms with Gasteiger partial charge in [-0.15, -0.1) is 0 Å². The summed E-state index contributed by atoms with van der Waals surface area (Å²) in [6, 6.07) is 19.1. The van der Waals surface area contributed by atoms with Gasteiger partial charge in [0.15, 0.2) is 11.5 Å². The summed E-state index contributed by atoms with van der Waals surface area (Å²) >= 11 is 6.10. The summed E-state index contributed by atoms with van der Waals surface area (Å²) in [7, 11) is 1.60. The van der Waals surface area contributed by atoms with E-state index in [1.54, 1.807) is 25.3 Å². The Morgan fingerprint density at radius 3 is 2.60 bits per heavy atom. The summed E-state index contributed by atoms with van der Waals surface area (Å²) in [6.45, 7) is 4.38. The van der Waals surface area contributed by atoms with Gasteiger partial charge < -0.3 is 14.8 Å². The first kappa shape index (κ1) is 21.5. The lowest BCUT2D eigenvalue weighted by Crippen LogP contribution is -2.09. The molecule has 0 fully saturated rings. The Balaban J connectivity index is 1.67. The molecule has 0 unspecified atom stereocenters. The van der Waals surface area contributed by atoms with Crippen LogP contribution in [0.1, 0.15) is 22.3 Å². The van der Waals surface area contributed by atoms with Crippen LogP contribution >= 0.6 is 11.6 Å². The summed E-state index contributed by atoms with van der Waals surface area (Å²) in [5, 5.41) is 3.45. The number of hydrogen-bond acceptors (Lipinski definition) is 3. The van der Waals surface area contributed by atoms with Gasteiger partial charge in [-0.3, -0.25) is 4.79 Å². The van der Waals surface area contributed by atoms with Crippen molar-refractivity contribution in [3.05, 3.63) is 94.0 Å². The second-order valence-corrected chi connectivity index (χ2v) is 7.27. The van der Waals surface area contributed by atoms with Gasteiger partial charge in [-0.25, -0.2) is 0 Å². The van der Waals surface area contributed by atoms with Crippen molar-refractivity contribution < 1.29 is 14.3 Å². The predicted octanol–water partition coefficient (Wildman–Crippen LogP) is 6.20. The van der Waals surface area contributed by atoms with Crippen molar-refractivity contribution in [2.24, 2.45) is 0 Å². The van der Waals surface area contributed by atoms with Gasteiger partial charge in [-0.1, -0.05) is 48.0 Å². The molecule has 1 amide bonds. The SMILES string of the molecule is COc1cc(/C=C/C(=O)Nc2cccc(Cl)c2C)ccc1OCc1ccccc1C. The molecule has 0 aliphatic rings. The number of aryl methyl sites for hydroxylation is 1. The fourth-order valence-corrected chi connectivity index (χ4v) is 3.10. The minimum atomic E-state index is -0.237. The van der Waals surface area contributed by atoms with E-state index in [1.807, 2.05) is 49.4 Å². The van der Waals surface area contributed by atoms with Crippen molar-refractivity contribution in [3.63, 3.8) is 0 Å². The number of halogens is 1. The third-order valence-corrected chi connectivity index (χ3v) is 5.19. The maximum Gasteiger partial charge on any atom is 0.248 e. The molecule has 0 aromatic heterocycles. The van der Waals surface area contributed by atoms with Crippen LogP contribution in [0.15, 0.2) is 66.7 Å². The molecule has 0 saturated heterocycles. The smallest absolute Gasteiger partial charge is 0.248 e. The Morgan fingerprint density at radius 2 is 1.83 bits per heavy atom. The Labute approximate surface area is 182 Å². The third-order valence-electron chi connectivity index (χ3n) is 4.78. The Bertz CT molecular complexity index is 1080. The quantitative estimate of drug-likeness (QED) is 0.462. The maximum atomic E-state index is 12.3. The Hall–Kier alpha value is -3.24. The predicted molar refractivity (Wildman–Crippen MR) is 122 cm³/mol. The van der Waals surface area contributed by atoms with Crippen LogP contribution in [0.25, 0.3) is 6.08 Å². The lowest BCUT2D eigenvalue weighted by Gasteiger charge is -2.12. The molecule has 0 aliphatic heterocycles. The molecule has 0 radical (unpaired) electrons. The molecule has 30 heavy (non-hydrogen) atoms. The van der Waals surface area contributed by atoms with E-state index in [0.717, 1.165) is 16.7 Å². The lowest BCUT2D eigenvalue weighted by molar-refractivity contribution is -0.111. The molecular formula is C25H24ClNO3. The number of methoxy groups -OCH3 is 1. The molecule has 0 atom stereocenters. The van der Waals surface area contributed by atoms with Crippen molar-refractivity contribution in [2.45, 2.75) is 20.5 Å². The van der Waals surface area contributed by atoms with E-state index in [4.69, 9.17) is 21.1 Å². The van der Waals surface area contributed by atoms with E-state index < -0.39 is 0 Å². The van der Waals surface area contributed by atoms with Gasteiger partial charge in [-0.2, -0.15) is 0 Å². The molecule has 3 rings (SSSR count). The number of anilines is 1. The van der Waals surface area contributed by atoms with Gasteiger partial charge in [0.05, 0.1) is 7.11 Å². The second kappa shape index (κ2) is 9.99. The van der Waals surface area contributed by atoms with E-state index in [1.165, 1.54) is 11.6 Å². The number of hydrogen-bond donors (Lipinski definition) is 1. The third kappa shape index (κ3) is 5.43. The van der Waals surface area contributed by atoms with Crippen LogP contribution in [0.5, 0.6) is 11.5 Å². The zero-order valence-corrected chi connectivity index (χ0v) is 18.0. The molecule has 0 heterocycles. The van der Waals surface area contributed by atoms with E-state index in [-0.39, 0.29) is 5.91 Å². The molecule has 3 aromatic rings. The molecule has 4 nitrogen and oxygen atoms in total. The average Bonchev–Trinajstić information content (AvgIpc) is 2.75. The fraction of sp³-hybridized carbons (Fsp3) is 0.160. The normalized spacial score (nSPS) is 10.8. The first-order chi connectivity index (χ1) is 14.5. The minimum Gasteiger partial charge on any atom is -0.493 e. The van der Waals surface area contributed by atoms with Gasteiger partial charge in [0.2, 0.25) is 5.91 Å². The Kier molecular flexibility index (Phi) is 7.15. The number of amides is 1. The van der Waals surface area contributed by atoms with Crippen molar-refractivity contribution >= 4 is 29.3 Å². The topological polar surface area (TPSA) is 47.6 Å². The minimum absolute atomic E-state index is 0.237. The number of carbonyl (C=O) groups is 1. The number of rotatable bonds is 7. The highest BCUT2D eigenvalue weighted by atomic mass is 35.5. The lowest BCUT2D eigenvalue weighted by atomic mass is 10.1. The standard InChI is InChI=1S/C25H24ClNO3/c1-17-7-4-5-8-20(17)16-30-23-13-11-19(15-24(23)29-3)12-14-25(28)27-22-10-6-9-21(26)18(22)2/h4-15H,16H2,1-3H3,(H,27,28)/b14-12+. The number of benzene rings is 3. The number of ether oxygens (including phenoxy) is 2. The molecule has 0 aliphatic carbocycles. The summed E-state index contributed by atoms with van der Waals surface area (Å²) in [5.41, 5.74) is 4.65. The number of carbonyl (C=O) groups excluding carboxylic acids is 1. The van der Waals surface area contributed by atoms with Crippen LogP contribution in [0.4, 0.5) is 5.69 Å². The molecule has 0 saturated carbocycles. The largest absolute Gasteiger partial charge is 0.493 e. The highest BCUT2D eigenvalue weighted by molar-refractivity contribution is 6.31. The van der Waals surface area contributed by atoms with Gasteiger partial charge in [0.25, 0.3) is 0 Å². The van der Waals surface area contributed by atoms with E-state index in [9.17, 15) is 4.79 Å². The van der Waals surface area contributed by atoms with Crippen molar-refractivity contribution in [2.75, 3.05) is 12.4 Å². The number of nitrogens with one attached hydrogen (secondary N) is 1. The highest BCUT2D eigenvalue weighted by Crippen LogP contribution is 2.29. The summed E-state index contributed by atoms with van der Waals surface area (Å²) in [5.74, 6) is 1.02.